The predicted molar refractivity (Wildman–Crippen MR) is 132 cm³/mol. The Morgan fingerprint density at radius 3 is 2.03 bits per heavy atom. The number of benzene rings is 3. The number of halogens is 5. The van der Waals surface area contributed by atoms with E-state index in [0.29, 0.717) is 24.8 Å². The smallest absolute Gasteiger partial charge is 0.167 e. The summed E-state index contributed by atoms with van der Waals surface area (Å²) in [4.78, 5) is 0. The van der Waals surface area contributed by atoms with Crippen LogP contribution >= 0.6 is 0 Å². The number of hydrogen-bond acceptors (Lipinski definition) is 1. The second kappa shape index (κ2) is 11.4. The molecule has 1 fully saturated rings. The Labute approximate surface area is 208 Å². The minimum Gasteiger partial charge on any atom is -0.378 e. The molecule has 0 amide bonds. The number of allylic oxidation sites excluding steroid dienone is 1. The van der Waals surface area contributed by atoms with Crippen LogP contribution in [0.2, 0.25) is 0 Å². The van der Waals surface area contributed by atoms with Crippen molar-refractivity contribution in [3.05, 3.63) is 95.3 Å². The molecule has 3 aromatic carbocycles. The van der Waals surface area contributed by atoms with Crippen molar-refractivity contribution in [1.82, 2.24) is 0 Å². The highest BCUT2D eigenvalue weighted by molar-refractivity contribution is 5.73. The number of aryl methyl sites for hydroxylation is 1. The zero-order chi connectivity index (χ0) is 25.8. The first-order valence-corrected chi connectivity index (χ1v) is 12.3. The van der Waals surface area contributed by atoms with Crippen LogP contribution in [0, 0.1) is 29.1 Å². The summed E-state index contributed by atoms with van der Waals surface area (Å²) in [6.45, 7) is 5.98. The normalized spacial score (nSPS) is 17.8. The van der Waals surface area contributed by atoms with Gasteiger partial charge < -0.3 is 4.74 Å². The second-order valence-electron chi connectivity index (χ2n) is 9.28. The highest BCUT2D eigenvalue weighted by atomic mass is 19.2. The summed E-state index contributed by atoms with van der Waals surface area (Å²) in [5.74, 6) is -6.01. The molecule has 36 heavy (non-hydrogen) atoms. The molecule has 1 nitrogen and oxygen atoms in total. The van der Waals surface area contributed by atoms with Crippen LogP contribution in [0.3, 0.4) is 0 Å². The molecule has 1 aliphatic rings. The van der Waals surface area contributed by atoms with Crippen LogP contribution < -0.4 is 0 Å². The minimum atomic E-state index is -1.36. The summed E-state index contributed by atoms with van der Waals surface area (Å²) in [7, 11) is 0. The van der Waals surface area contributed by atoms with E-state index >= 15 is 17.6 Å². The Morgan fingerprint density at radius 2 is 1.44 bits per heavy atom. The summed E-state index contributed by atoms with van der Waals surface area (Å²) in [6.07, 6.45) is 6.40. The van der Waals surface area contributed by atoms with Crippen molar-refractivity contribution < 1.29 is 26.7 Å². The lowest BCUT2D eigenvalue weighted by Crippen LogP contribution is -2.25. The third-order valence-corrected chi connectivity index (χ3v) is 6.87. The van der Waals surface area contributed by atoms with Gasteiger partial charge in [0.25, 0.3) is 0 Å². The summed E-state index contributed by atoms with van der Waals surface area (Å²) < 4.78 is 80.7. The Bertz CT molecular complexity index is 1240. The Kier molecular flexibility index (Phi) is 8.24. The summed E-state index contributed by atoms with van der Waals surface area (Å²) >= 11 is 0. The molecule has 1 saturated heterocycles. The maximum absolute atomic E-state index is 15.1. The van der Waals surface area contributed by atoms with Crippen molar-refractivity contribution in [3.63, 3.8) is 0 Å². The van der Waals surface area contributed by atoms with E-state index in [4.69, 9.17) is 4.74 Å². The van der Waals surface area contributed by atoms with E-state index in [9.17, 15) is 4.39 Å². The zero-order valence-electron chi connectivity index (χ0n) is 20.2. The molecule has 6 heteroatoms. The average molecular weight is 501 g/mol. The van der Waals surface area contributed by atoms with Crippen LogP contribution in [0.25, 0.3) is 22.3 Å². The van der Waals surface area contributed by atoms with Gasteiger partial charge in [0.2, 0.25) is 0 Å². The van der Waals surface area contributed by atoms with Crippen LogP contribution in [0.4, 0.5) is 22.0 Å². The first kappa shape index (κ1) is 26.1. The van der Waals surface area contributed by atoms with Gasteiger partial charge in [0.1, 0.15) is 5.82 Å². The molecular formula is C30H29F5O. The van der Waals surface area contributed by atoms with E-state index < -0.39 is 34.6 Å². The minimum absolute atomic E-state index is 0.110. The predicted octanol–water partition coefficient (Wildman–Crippen LogP) is 8.90. The SMILES string of the molecule is C=CCCc1ccc(-c2ccc(-c3ccc(C4CCC(CCC)OC4)c(F)c3F)c(F)c2F)c(F)c1. The molecule has 2 atom stereocenters. The van der Waals surface area contributed by atoms with Crippen molar-refractivity contribution in [3.8, 4) is 22.3 Å². The second-order valence-corrected chi connectivity index (χ2v) is 9.28. The quantitative estimate of drug-likeness (QED) is 0.222. The molecule has 3 aromatic rings. The van der Waals surface area contributed by atoms with E-state index in [0.717, 1.165) is 25.3 Å². The van der Waals surface area contributed by atoms with Gasteiger partial charge >= 0.3 is 0 Å². The topological polar surface area (TPSA) is 9.23 Å². The van der Waals surface area contributed by atoms with Crippen LogP contribution in [0.1, 0.15) is 56.1 Å². The number of hydrogen-bond donors (Lipinski definition) is 0. The van der Waals surface area contributed by atoms with Gasteiger partial charge in [-0.3, -0.25) is 0 Å². The third-order valence-electron chi connectivity index (χ3n) is 6.87. The zero-order valence-corrected chi connectivity index (χ0v) is 20.2. The first-order valence-electron chi connectivity index (χ1n) is 12.3. The molecular weight excluding hydrogens is 471 g/mol. The molecule has 0 aliphatic carbocycles. The molecule has 0 N–H and O–H groups in total. The molecule has 1 aliphatic heterocycles. The van der Waals surface area contributed by atoms with Crippen molar-refractivity contribution in [1.29, 1.82) is 0 Å². The highest BCUT2D eigenvalue weighted by Crippen LogP contribution is 2.38. The third kappa shape index (κ3) is 5.24. The maximum atomic E-state index is 15.1. The standard InChI is InChI=1S/C30H29F5O/c1-3-5-7-18-8-11-22(26(31)16-18)23-14-15-25(30(35)28(23)33)24-13-12-21(27(32)29(24)34)19-9-10-20(6-4-2)36-17-19/h3,8,11-16,19-20H,1,4-7,9-10,17H2,2H3. The molecule has 0 bridgehead atoms. The molecule has 0 saturated carbocycles. The van der Waals surface area contributed by atoms with Gasteiger partial charge in [0.15, 0.2) is 23.3 Å². The van der Waals surface area contributed by atoms with Crippen molar-refractivity contribution >= 4 is 0 Å². The van der Waals surface area contributed by atoms with Crippen LogP contribution in [-0.2, 0) is 11.2 Å². The number of ether oxygens (including phenoxy) is 1. The Balaban J connectivity index is 1.62. The molecule has 0 aromatic heterocycles. The van der Waals surface area contributed by atoms with Gasteiger partial charge in [0, 0.05) is 28.2 Å². The van der Waals surface area contributed by atoms with Crippen molar-refractivity contribution in [2.75, 3.05) is 6.61 Å². The lowest BCUT2D eigenvalue weighted by molar-refractivity contribution is -0.00181. The molecule has 0 spiro atoms. The summed E-state index contributed by atoms with van der Waals surface area (Å²) in [5, 5.41) is 0. The fraction of sp³-hybridized carbons (Fsp3) is 0.333. The van der Waals surface area contributed by atoms with Gasteiger partial charge in [-0.05, 0) is 49.3 Å². The van der Waals surface area contributed by atoms with Crippen LogP contribution in [-0.4, -0.2) is 12.7 Å². The monoisotopic (exact) mass is 500 g/mol. The number of rotatable bonds is 8. The molecule has 4 rings (SSSR count). The van der Waals surface area contributed by atoms with Crippen LogP contribution in [0.5, 0.6) is 0 Å². The van der Waals surface area contributed by atoms with E-state index in [-0.39, 0.29) is 40.9 Å². The maximum Gasteiger partial charge on any atom is 0.167 e. The van der Waals surface area contributed by atoms with E-state index in [1.54, 1.807) is 12.1 Å². The lowest BCUT2D eigenvalue weighted by atomic mass is 9.88. The Hall–Kier alpha value is -2.99. The highest BCUT2D eigenvalue weighted by Gasteiger charge is 2.28. The summed E-state index contributed by atoms with van der Waals surface area (Å²) in [6, 6.07) is 9.31. The van der Waals surface area contributed by atoms with Gasteiger partial charge in [-0.2, -0.15) is 0 Å². The van der Waals surface area contributed by atoms with E-state index in [1.807, 2.05) is 0 Å². The molecule has 1 heterocycles. The van der Waals surface area contributed by atoms with Crippen LogP contribution in [0.15, 0.2) is 55.1 Å². The van der Waals surface area contributed by atoms with E-state index in [1.165, 1.54) is 30.3 Å². The Morgan fingerprint density at radius 1 is 0.833 bits per heavy atom. The fourth-order valence-electron chi connectivity index (χ4n) is 4.86. The van der Waals surface area contributed by atoms with Gasteiger partial charge in [0.05, 0.1) is 12.7 Å². The fourth-order valence-corrected chi connectivity index (χ4v) is 4.86. The molecule has 0 radical (unpaired) electrons. The van der Waals surface area contributed by atoms with Gasteiger partial charge in [-0.1, -0.05) is 55.8 Å². The molecule has 190 valence electrons. The van der Waals surface area contributed by atoms with Crippen molar-refractivity contribution in [2.45, 2.75) is 57.5 Å². The van der Waals surface area contributed by atoms with Crippen molar-refractivity contribution in [2.24, 2.45) is 0 Å². The van der Waals surface area contributed by atoms with Gasteiger partial charge in [-0.15, -0.1) is 6.58 Å². The summed E-state index contributed by atoms with van der Waals surface area (Å²) in [5.41, 5.74) is -0.341. The first-order chi connectivity index (χ1) is 17.3. The lowest BCUT2D eigenvalue weighted by Gasteiger charge is -2.29. The average Bonchev–Trinajstić information content (AvgIpc) is 2.88. The van der Waals surface area contributed by atoms with Gasteiger partial charge in [-0.25, -0.2) is 22.0 Å². The molecule has 2 unspecified atom stereocenters. The largest absolute Gasteiger partial charge is 0.378 e. The van der Waals surface area contributed by atoms with E-state index in [2.05, 4.69) is 13.5 Å².